The number of aliphatic hydroxyl groups excluding tert-OH is 4. The van der Waals surface area contributed by atoms with Crippen LogP contribution in [0.25, 0.3) is 10.4 Å². The van der Waals surface area contributed by atoms with Gasteiger partial charge in [0.25, 0.3) is 6.43 Å². The Hall–Kier alpha value is -2.20. The van der Waals surface area contributed by atoms with Crippen molar-refractivity contribution < 1.29 is 33.9 Å². The van der Waals surface area contributed by atoms with Crippen LogP contribution in [-0.4, -0.2) is 51.4 Å². The first kappa shape index (κ1) is 23.9. The SMILES string of the molecule is Cc1ccc(C2O[C@H](CO)[C@@H](O)[C@H](O)[C@H]2O)cc1Cc1ccc(-c2cccc(C(F)F)c2)s1. The van der Waals surface area contributed by atoms with Crippen molar-refractivity contribution in [3.05, 3.63) is 81.7 Å². The van der Waals surface area contributed by atoms with Gasteiger partial charge >= 0.3 is 0 Å². The van der Waals surface area contributed by atoms with Gasteiger partial charge in [-0.2, -0.15) is 0 Å². The number of halogens is 2. The van der Waals surface area contributed by atoms with Crippen LogP contribution >= 0.6 is 11.3 Å². The van der Waals surface area contributed by atoms with Crippen molar-refractivity contribution in [1.29, 1.82) is 0 Å². The maximum atomic E-state index is 13.0. The third-order valence-electron chi connectivity index (χ3n) is 6.04. The second kappa shape index (κ2) is 9.97. The van der Waals surface area contributed by atoms with Crippen LogP contribution in [-0.2, 0) is 11.2 Å². The van der Waals surface area contributed by atoms with Gasteiger partial charge < -0.3 is 25.2 Å². The highest BCUT2D eigenvalue weighted by molar-refractivity contribution is 7.15. The molecule has 176 valence electrons. The molecule has 5 atom stereocenters. The summed E-state index contributed by atoms with van der Waals surface area (Å²) in [5, 5.41) is 40.0. The van der Waals surface area contributed by atoms with Crippen molar-refractivity contribution in [3.63, 3.8) is 0 Å². The smallest absolute Gasteiger partial charge is 0.263 e. The lowest BCUT2D eigenvalue weighted by Gasteiger charge is -2.40. The van der Waals surface area contributed by atoms with E-state index in [1.165, 1.54) is 23.5 Å². The quantitative estimate of drug-likeness (QED) is 0.435. The average Bonchev–Trinajstić information content (AvgIpc) is 3.28. The van der Waals surface area contributed by atoms with Crippen LogP contribution in [0.5, 0.6) is 0 Å². The van der Waals surface area contributed by atoms with Crippen LogP contribution in [0.4, 0.5) is 8.78 Å². The van der Waals surface area contributed by atoms with E-state index in [4.69, 9.17) is 4.74 Å². The predicted molar refractivity (Wildman–Crippen MR) is 121 cm³/mol. The molecule has 0 amide bonds. The predicted octanol–water partition coefficient (Wildman–Crippen LogP) is 3.77. The Kier molecular flexibility index (Phi) is 7.23. The highest BCUT2D eigenvalue weighted by Gasteiger charge is 2.44. The Morgan fingerprint density at radius 3 is 2.48 bits per heavy atom. The fourth-order valence-corrected chi connectivity index (χ4v) is 5.11. The molecule has 2 aromatic carbocycles. The molecule has 0 saturated carbocycles. The van der Waals surface area contributed by atoms with Gasteiger partial charge in [-0.25, -0.2) is 8.78 Å². The summed E-state index contributed by atoms with van der Waals surface area (Å²) >= 11 is 1.52. The number of ether oxygens (including phenoxy) is 1. The highest BCUT2D eigenvalue weighted by Crippen LogP contribution is 2.35. The Labute approximate surface area is 194 Å². The molecule has 1 aliphatic rings. The largest absolute Gasteiger partial charge is 0.394 e. The van der Waals surface area contributed by atoms with Crippen LogP contribution in [0, 0.1) is 6.92 Å². The molecule has 33 heavy (non-hydrogen) atoms. The monoisotopic (exact) mass is 476 g/mol. The number of hydrogen-bond donors (Lipinski definition) is 4. The number of benzene rings is 2. The van der Waals surface area contributed by atoms with Gasteiger partial charge in [-0.3, -0.25) is 0 Å². The molecule has 0 aliphatic carbocycles. The van der Waals surface area contributed by atoms with E-state index in [1.54, 1.807) is 12.1 Å². The Balaban J connectivity index is 1.57. The van der Waals surface area contributed by atoms with E-state index in [2.05, 4.69) is 0 Å². The summed E-state index contributed by atoms with van der Waals surface area (Å²) in [5.74, 6) is 0. The first-order valence-corrected chi connectivity index (χ1v) is 11.5. The summed E-state index contributed by atoms with van der Waals surface area (Å²) < 4.78 is 31.8. The van der Waals surface area contributed by atoms with Crippen molar-refractivity contribution in [2.45, 2.75) is 50.3 Å². The molecule has 0 bridgehead atoms. The fourth-order valence-electron chi connectivity index (χ4n) is 4.08. The number of aryl methyl sites for hydroxylation is 1. The van der Waals surface area contributed by atoms with Crippen molar-refractivity contribution in [3.8, 4) is 10.4 Å². The van der Waals surface area contributed by atoms with Crippen LogP contribution in [0.2, 0.25) is 0 Å². The van der Waals surface area contributed by atoms with Crippen LogP contribution in [0.1, 0.15) is 39.7 Å². The molecule has 8 heteroatoms. The lowest BCUT2D eigenvalue weighted by atomic mass is 9.89. The van der Waals surface area contributed by atoms with E-state index in [-0.39, 0.29) is 5.56 Å². The molecule has 3 aromatic rings. The molecule has 1 unspecified atom stereocenters. The molecule has 4 N–H and O–H groups in total. The third-order valence-corrected chi connectivity index (χ3v) is 7.18. The molecular formula is C25H26F2O5S. The molecule has 1 fully saturated rings. The maximum absolute atomic E-state index is 13.0. The van der Waals surface area contributed by atoms with Crippen molar-refractivity contribution in [1.82, 2.24) is 0 Å². The third kappa shape index (κ3) is 5.01. The van der Waals surface area contributed by atoms with Gasteiger partial charge in [0.1, 0.15) is 30.5 Å². The number of thiophene rings is 1. The number of alkyl halides is 2. The molecule has 0 spiro atoms. The van der Waals surface area contributed by atoms with Gasteiger partial charge in [0, 0.05) is 21.7 Å². The number of aliphatic hydroxyl groups is 4. The summed E-state index contributed by atoms with van der Waals surface area (Å²) in [6.07, 6.45) is -7.96. The Bertz CT molecular complexity index is 1100. The molecule has 4 rings (SSSR count). The summed E-state index contributed by atoms with van der Waals surface area (Å²) in [5.41, 5.74) is 3.38. The van der Waals surface area contributed by atoms with Gasteiger partial charge in [-0.05, 0) is 47.4 Å². The van der Waals surface area contributed by atoms with E-state index in [9.17, 15) is 29.2 Å². The topological polar surface area (TPSA) is 90.2 Å². The zero-order valence-corrected chi connectivity index (χ0v) is 18.8. The lowest BCUT2D eigenvalue weighted by molar-refractivity contribution is -0.231. The normalized spacial score (nSPS) is 25.5. The van der Waals surface area contributed by atoms with E-state index < -0.39 is 43.6 Å². The highest BCUT2D eigenvalue weighted by atomic mass is 32.1. The molecule has 1 saturated heterocycles. The zero-order valence-electron chi connectivity index (χ0n) is 17.9. The van der Waals surface area contributed by atoms with E-state index in [0.29, 0.717) is 12.0 Å². The van der Waals surface area contributed by atoms with Crippen LogP contribution < -0.4 is 0 Å². The van der Waals surface area contributed by atoms with Gasteiger partial charge in [0.15, 0.2) is 0 Å². The minimum atomic E-state index is -2.52. The minimum Gasteiger partial charge on any atom is -0.394 e. The summed E-state index contributed by atoms with van der Waals surface area (Å²) in [4.78, 5) is 1.94. The first-order valence-electron chi connectivity index (χ1n) is 10.7. The number of rotatable bonds is 6. The van der Waals surface area contributed by atoms with E-state index in [0.717, 1.165) is 26.4 Å². The minimum absolute atomic E-state index is 0.00877. The average molecular weight is 477 g/mol. The molecule has 5 nitrogen and oxygen atoms in total. The van der Waals surface area contributed by atoms with Gasteiger partial charge in [0.2, 0.25) is 0 Å². The van der Waals surface area contributed by atoms with Crippen molar-refractivity contribution in [2.24, 2.45) is 0 Å². The summed E-state index contributed by atoms with van der Waals surface area (Å²) in [6.45, 7) is 1.48. The maximum Gasteiger partial charge on any atom is 0.263 e. The van der Waals surface area contributed by atoms with Gasteiger partial charge in [-0.1, -0.05) is 36.4 Å². The summed E-state index contributed by atoms with van der Waals surface area (Å²) in [6, 6.07) is 15.8. The Morgan fingerprint density at radius 2 is 1.76 bits per heavy atom. The Morgan fingerprint density at radius 1 is 0.970 bits per heavy atom. The first-order chi connectivity index (χ1) is 15.8. The van der Waals surface area contributed by atoms with E-state index >= 15 is 0 Å². The second-order valence-corrected chi connectivity index (χ2v) is 9.47. The van der Waals surface area contributed by atoms with Gasteiger partial charge in [-0.15, -0.1) is 11.3 Å². The van der Waals surface area contributed by atoms with Crippen LogP contribution in [0.15, 0.2) is 54.6 Å². The number of hydrogen-bond acceptors (Lipinski definition) is 6. The van der Waals surface area contributed by atoms with Gasteiger partial charge in [0.05, 0.1) is 6.61 Å². The van der Waals surface area contributed by atoms with E-state index in [1.807, 2.05) is 37.3 Å². The summed E-state index contributed by atoms with van der Waals surface area (Å²) in [7, 11) is 0. The van der Waals surface area contributed by atoms with Crippen LogP contribution in [0.3, 0.4) is 0 Å². The van der Waals surface area contributed by atoms with Crippen molar-refractivity contribution >= 4 is 11.3 Å². The zero-order chi connectivity index (χ0) is 23.7. The molecule has 1 aliphatic heterocycles. The molecule has 0 radical (unpaired) electrons. The van der Waals surface area contributed by atoms with Crippen molar-refractivity contribution in [2.75, 3.05) is 6.61 Å². The molecular weight excluding hydrogens is 450 g/mol. The fraction of sp³-hybridized carbons (Fsp3) is 0.360. The molecule has 2 heterocycles. The lowest BCUT2D eigenvalue weighted by Crippen LogP contribution is -2.55. The molecule has 1 aromatic heterocycles. The second-order valence-electron chi connectivity index (χ2n) is 8.30. The standard InChI is InChI=1S/C25H26F2O5S/c1-13-5-6-15(24-23(31)22(30)21(29)19(12-28)32-24)10-17(13)11-18-7-8-20(33-18)14-3-2-4-16(9-14)25(26)27/h2-10,19,21-25,28-31H,11-12H2,1H3/t19-,21-,22+,23-,24?/m1/s1.